The minimum absolute atomic E-state index is 0.0893. The molecule has 1 heterocycles. The van der Waals surface area contributed by atoms with Crippen molar-refractivity contribution >= 4 is 15.7 Å². The molecule has 118 valence electrons. The molecule has 1 atom stereocenters. The van der Waals surface area contributed by atoms with Crippen molar-refractivity contribution < 1.29 is 13.2 Å². The highest BCUT2D eigenvalue weighted by molar-refractivity contribution is 7.89. The highest BCUT2D eigenvalue weighted by Gasteiger charge is 2.26. The third kappa shape index (κ3) is 4.18. The zero-order valence-corrected chi connectivity index (χ0v) is 13.4. The van der Waals surface area contributed by atoms with Gasteiger partial charge in [0.25, 0.3) is 0 Å². The molecule has 1 aliphatic heterocycles. The van der Waals surface area contributed by atoms with Crippen LogP contribution in [-0.4, -0.2) is 34.2 Å². The second-order valence-corrected chi connectivity index (χ2v) is 7.07. The number of benzene rings is 1. The van der Waals surface area contributed by atoms with Crippen LogP contribution in [0, 0.1) is 5.92 Å². The number of anilines is 1. The molecule has 21 heavy (non-hydrogen) atoms. The largest absolute Gasteiger partial charge is 0.384 e. The first-order chi connectivity index (χ1) is 10.0. The molecular formula is C15H24N2O3S. The maximum Gasteiger partial charge on any atom is 0.242 e. The van der Waals surface area contributed by atoms with E-state index in [-0.39, 0.29) is 6.04 Å². The van der Waals surface area contributed by atoms with Crippen molar-refractivity contribution in [2.75, 3.05) is 25.1 Å². The number of hydrogen-bond acceptors (Lipinski definition) is 4. The number of sulfonamides is 1. The quantitative estimate of drug-likeness (QED) is 0.845. The first kappa shape index (κ1) is 16.3. The van der Waals surface area contributed by atoms with E-state index in [9.17, 15) is 8.42 Å². The molecule has 2 N–H and O–H groups in total. The van der Waals surface area contributed by atoms with Crippen LogP contribution in [0.25, 0.3) is 0 Å². The third-order valence-electron chi connectivity index (χ3n) is 3.86. The van der Waals surface area contributed by atoms with Gasteiger partial charge in [0.15, 0.2) is 0 Å². The normalized spacial score (nSPS) is 18.4. The van der Waals surface area contributed by atoms with Crippen LogP contribution in [0.5, 0.6) is 0 Å². The predicted octanol–water partition coefficient (Wildman–Crippen LogP) is 2.21. The van der Waals surface area contributed by atoms with Crippen molar-refractivity contribution in [3.05, 3.63) is 24.3 Å². The molecule has 1 saturated heterocycles. The molecule has 5 nitrogen and oxygen atoms in total. The van der Waals surface area contributed by atoms with Crippen LogP contribution in [0.2, 0.25) is 0 Å². The molecule has 2 rings (SSSR count). The van der Waals surface area contributed by atoms with Gasteiger partial charge in [0, 0.05) is 25.8 Å². The minimum atomic E-state index is -3.52. The Bertz CT molecular complexity index is 554. The molecule has 1 fully saturated rings. The zero-order chi connectivity index (χ0) is 15.3. The van der Waals surface area contributed by atoms with Gasteiger partial charge in [0.05, 0.1) is 5.69 Å². The molecule has 0 bridgehead atoms. The lowest BCUT2D eigenvalue weighted by atomic mass is 9.94. The van der Waals surface area contributed by atoms with Crippen molar-refractivity contribution in [1.82, 2.24) is 4.72 Å². The van der Waals surface area contributed by atoms with Crippen molar-refractivity contribution in [3.8, 4) is 0 Å². The van der Waals surface area contributed by atoms with Gasteiger partial charge in [0.2, 0.25) is 10.0 Å². The Hall–Kier alpha value is -1.11. The first-order valence-corrected chi connectivity index (χ1v) is 8.96. The summed E-state index contributed by atoms with van der Waals surface area (Å²) in [6.07, 6.45) is 1.80. The van der Waals surface area contributed by atoms with Gasteiger partial charge in [-0.15, -0.1) is 0 Å². The van der Waals surface area contributed by atoms with Gasteiger partial charge >= 0.3 is 0 Å². The average Bonchev–Trinajstić information content (AvgIpc) is 2.48. The molecule has 1 aliphatic rings. The highest BCUT2D eigenvalue weighted by Crippen LogP contribution is 2.24. The topological polar surface area (TPSA) is 67.4 Å². The van der Waals surface area contributed by atoms with Crippen LogP contribution < -0.4 is 10.0 Å². The SMILES string of the molecule is CCNc1ccccc1S(=O)(=O)NC(C)C1CCOCC1. The van der Waals surface area contributed by atoms with E-state index in [1.165, 1.54) is 0 Å². The number of ether oxygens (including phenoxy) is 1. The van der Waals surface area contributed by atoms with Crippen molar-refractivity contribution in [1.29, 1.82) is 0 Å². The highest BCUT2D eigenvalue weighted by atomic mass is 32.2. The molecule has 0 amide bonds. The molecule has 1 aromatic rings. The smallest absolute Gasteiger partial charge is 0.242 e. The van der Waals surface area contributed by atoms with Gasteiger partial charge in [-0.25, -0.2) is 13.1 Å². The van der Waals surface area contributed by atoms with Crippen LogP contribution in [0.1, 0.15) is 26.7 Å². The fourth-order valence-corrected chi connectivity index (χ4v) is 4.15. The molecule has 0 spiro atoms. The summed E-state index contributed by atoms with van der Waals surface area (Å²) in [6.45, 7) is 5.99. The Balaban J connectivity index is 2.14. The molecule has 6 heteroatoms. The number of nitrogens with one attached hydrogen (secondary N) is 2. The standard InChI is InChI=1S/C15H24N2O3S/c1-3-16-14-6-4-5-7-15(14)21(18,19)17-12(2)13-8-10-20-11-9-13/h4-7,12-13,16-17H,3,8-11H2,1-2H3. The third-order valence-corrected chi connectivity index (χ3v) is 5.48. The van der Waals surface area contributed by atoms with E-state index in [2.05, 4.69) is 10.0 Å². The monoisotopic (exact) mass is 312 g/mol. The van der Waals surface area contributed by atoms with E-state index in [4.69, 9.17) is 4.74 Å². The molecule has 0 aliphatic carbocycles. The Kier molecular flexibility index (Phi) is 5.61. The fourth-order valence-electron chi connectivity index (χ4n) is 2.66. The second kappa shape index (κ2) is 7.24. The van der Waals surface area contributed by atoms with Gasteiger partial charge in [-0.1, -0.05) is 12.1 Å². The zero-order valence-electron chi connectivity index (χ0n) is 12.6. The van der Waals surface area contributed by atoms with Crippen LogP contribution in [-0.2, 0) is 14.8 Å². The Morgan fingerprint density at radius 1 is 1.29 bits per heavy atom. The van der Waals surface area contributed by atoms with Gasteiger partial charge < -0.3 is 10.1 Å². The van der Waals surface area contributed by atoms with Gasteiger partial charge in [-0.2, -0.15) is 0 Å². The van der Waals surface area contributed by atoms with Crippen molar-refractivity contribution in [3.63, 3.8) is 0 Å². The van der Waals surface area contributed by atoms with Crippen LogP contribution in [0.4, 0.5) is 5.69 Å². The maximum absolute atomic E-state index is 12.6. The lowest BCUT2D eigenvalue weighted by Crippen LogP contribution is -2.40. The summed E-state index contributed by atoms with van der Waals surface area (Å²) in [5.74, 6) is 0.333. The van der Waals surface area contributed by atoms with Crippen LogP contribution >= 0.6 is 0 Å². The van der Waals surface area contributed by atoms with Gasteiger partial charge in [-0.3, -0.25) is 0 Å². The number of rotatable bonds is 6. The Labute approximate surface area is 127 Å². The molecule has 0 aromatic heterocycles. The lowest BCUT2D eigenvalue weighted by Gasteiger charge is -2.28. The van der Waals surface area contributed by atoms with Crippen LogP contribution in [0.15, 0.2) is 29.2 Å². The summed E-state index contributed by atoms with van der Waals surface area (Å²) in [5.41, 5.74) is 0.645. The summed E-state index contributed by atoms with van der Waals surface area (Å²) in [7, 11) is -3.52. The first-order valence-electron chi connectivity index (χ1n) is 7.47. The minimum Gasteiger partial charge on any atom is -0.384 e. The second-order valence-electron chi connectivity index (χ2n) is 5.39. The van der Waals surface area contributed by atoms with E-state index < -0.39 is 10.0 Å². The molecule has 1 aromatic carbocycles. The maximum atomic E-state index is 12.6. The summed E-state index contributed by atoms with van der Waals surface area (Å²) in [4.78, 5) is 0.311. The van der Waals surface area contributed by atoms with Crippen LogP contribution in [0.3, 0.4) is 0 Å². The summed E-state index contributed by atoms with van der Waals surface area (Å²) < 4.78 is 33.3. The van der Waals surface area contributed by atoms with E-state index in [1.807, 2.05) is 19.9 Å². The number of hydrogen-bond donors (Lipinski definition) is 2. The average molecular weight is 312 g/mol. The lowest BCUT2D eigenvalue weighted by molar-refractivity contribution is 0.0585. The molecule has 1 unspecified atom stereocenters. The van der Waals surface area contributed by atoms with Gasteiger partial charge in [0.1, 0.15) is 4.90 Å². The van der Waals surface area contributed by atoms with Crippen molar-refractivity contribution in [2.24, 2.45) is 5.92 Å². The van der Waals surface area contributed by atoms with E-state index in [1.54, 1.807) is 18.2 Å². The molecule has 0 radical (unpaired) electrons. The summed E-state index contributed by atoms with van der Waals surface area (Å²) in [6, 6.07) is 6.91. The summed E-state index contributed by atoms with van der Waals surface area (Å²) in [5, 5.41) is 3.10. The van der Waals surface area contributed by atoms with Crippen molar-refractivity contribution in [2.45, 2.75) is 37.6 Å². The summed E-state index contributed by atoms with van der Waals surface area (Å²) >= 11 is 0. The Morgan fingerprint density at radius 2 is 1.95 bits per heavy atom. The van der Waals surface area contributed by atoms with E-state index >= 15 is 0 Å². The van der Waals surface area contributed by atoms with Gasteiger partial charge in [-0.05, 0) is 44.7 Å². The predicted molar refractivity (Wildman–Crippen MR) is 83.9 cm³/mol. The van der Waals surface area contributed by atoms with E-state index in [0.717, 1.165) is 12.8 Å². The fraction of sp³-hybridized carbons (Fsp3) is 0.600. The van der Waals surface area contributed by atoms with E-state index in [0.29, 0.717) is 36.3 Å². The molecular weight excluding hydrogens is 288 g/mol. The Morgan fingerprint density at radius 3 is 2.62 bits per heavy atom. The number of para-hydroxylation sites is 1. The molecule has 0 saturated carbocycles.